The molecule has 1 saturated heterocycles. The highest BCUT2D eigenvalue weighted by Crippen LogP contribution is 2.04. The molecule has 0 atom stereocenters. The molecule has 0 unspecified atom stereocenters. The third kappa shape index (κ3) is 5.47. The molecule has 90 valence electrons. The van der Waals surface area contributed by atoms with E-state index in [4.69, 9.17) is 10.2 Å². The minimum atomic E-state index is 0.296. The van der Waals surface area contributed by atoms with Gasteiger partial charge in [0.15, 0.2) is 0 Å². The van der Waals surface area contributed by atoms with Gasteiger partial charge in [0, 0.05) is 39.4 Å². The van der Waals surface area contributed by atoms with Gasteiger partial charge in [0.25, 0.3) is 0 Å². The summed E-state index contributed by atoms with van der Waals surface area (Å²) in [6.07, 6.45) is 2.98. The lowest BCUT2D eigenvalue weighted by Gasteiger charge is -2.21. The van der Waals surface area contributed by atoms with Crippen molar-refractivity contribution >= 4 is 0 Å². The first-order valence-electron chi connectivity index (χ1n) is 6.03. The summed E-state index contributed by atoms with van der Waals surface area (Å²) in [5.74, 6) is 0. The van der Waals surface area contributed by atoms with Gasteiger partial charge in [-0.05, 0) is 32.4 Å². The van der Waals surface area contributed by atoms with Crippen molar-refractivity contribution in [3.63, 3.8) is 0 Å². The van der Waals surface area contributed by atoms with Crippen molar-refractivity contribution in [1.29, 1.82) is 0 Å². The predicted molar refractivity (Wildman–Crippen MR) is 60.9 cm³/mol. The summed E-state index contributed by atoms with van der Waals surface area (Å²) in [5, 5.41) is 17.5. The minimum absolute atomic E-state index is 0.296. The van der Waals surface area contributed by atoms with Crippen LogP contribution in [-0.4, -0.2) is 72.5 Å². The van der Waals surface area contributed by atoms with E-state index in [2.05, 4.69) is 9.80 Å². The fourth-order valence-electron chi connectivity index (χ4n) is 2.06. The Morgan fingerprint density at radius 1 is 0.733 bits per heavy atom. The Balaban J connectivity index is 2.16. The highest BCUT2D eigenvalue weighted by atomic mass is 16.3. The molecule has 1 aliphatic rings. The normalized spacial score (nSPS) is 20.4. The molecule has 4 nitrogen and oxygen atoms in total. The molecule has 0 bridgehead atoms. The van der Waals surface area contributed by atoms with Crippen LogP contribution in [0.3, 0.4) is 0 Å². The minimum Gasteiger partial charge on any atom is -0.396 e. The van der Waals surface area contributed by atoms with Crippen LogP contribution in [0.1, 0.15) is 19.3 Å². The molecule has 0 aromatic carbocycles. The molecule has 0 aromatic rings. The van der Waals surface area contributed by atoms with E-state index in [1.807, 2.05) is 0 Å². The van der Waals surface area contributed by atoms with Crippen molar-refractivity contribution in [2.45, 2.75) is 19.3 Å². The van der Waals surface area contributed by atoms with Gasteiger partial charge in [0.2, 0.25) is 0 Å². The molecule has 0 aromatic heterocycles. The molecule has 4 heteroatoms. The summed E-state index contributed by atoms with van der Waals surface area (Å²) in [5.41, 5.74) is 0. The zero-order valence-electron chi connectivity index (χ0n) is 9.57. The number of hydrogen-bond acceptors (Lipinski definition) is 4. The number of aliphatic hydroxyl groups is 2. The average Bonchev–Trinajstić information content (AvgIpc) is 2.49. The monoisotopic (exact) mass is 216 g/mol. The highest BCUT2D eigenvalue weighted by Gasteiger charge is 2.13. The van der Waals surface area contributed by atoms with Crippen LogP contribution in [0, 0.1) is 0 Å². The molecule has 1 heterocycles. The molecule has 1 aliphatic heterocycles. The Morgan fingerprint density at radius 2 is 1.20 bits per heavy atom. The van der Waals surface area contributed by atoms with Gasteiger partial charge < -0.3 is 20.0 Å². The van der Waals surface area contributed by atoms with Gasteiger partial charge >= 0.3 is 0 Å². The van der Waals surface area contributed by atoms with Crippen LogP contribution < -0.4 is 0 Å². The van der Waals surface area contributed by atoms with Gasteiger partial charge in [-0.25, -0.2) is 0 Å². The second kappa shape index (κ2) is 8.05. The molecular formula is C11H24N2O2. The van der Waals surface area contributed by atoms with E-state index in [-0.39, 0.29) is 0 Å². The molecular weight excluding hydrogens is 192 g/mol. The van der Waals surface area contributed by atoms with E-state index in [0.717, 1.165) is 52.1 Å². The van der Waals surface area contributed by atoms with Crippen molar-refractivity contribution in [2.24, 2.45) is 0 Å². The maximum Gasteiger partial charge on any atom is 0.0443 e. The van der Waals surface area contributed by atoms with Gasteiger partial charge in [-0.2, -0.15) is 0 Å². The third-order valence-corrected chi connectivity index (χ3v) is 2.95. The Hall–Kier alpha value is -0.160. The van der Waals surface area contributed by atoms with Gasteiger partial charge in [-0.1, -0.05) is 0 Å². The van der Waals surface area contributed by atoms with Crippen LogP contribution in [0.2, 0.25) is 0 Å². The molecule has 0 radical (unpaired) electrons. The highest BCUT2D eigenvalue weighted by molar-refractivity contribution is 4.69. The molecule has 2 N–H and O–H groups in total. The second-order valence-electron chi connectivity index (χ2n) is 4.19. The van der Waals surface area contributed by atoms with Gasteiger partial charge in [-0.3, -0.25) is 0 Å². The predicted octanol–water partition coefficient (Wildman–Crippen LogP) is -0.241. The Kier molecular flexibility index (Phi) is 6.92. The summed E-state index contributed by atoms with van der Waals surface area (Å²) in [7, 11) is 0. The second-order valence-corrected chi connectivity index (χ2v) is 4.19. The maximum absolute atomic E-state index is 8.77. The smallest absolute Gasteiger partial charge is 0.0443 e. The topological polar surface area (TPSA) is 46.9 Å². The Morgan fingerprint density at radius 3 is 1.60 bits per heavy atom. The maximum atomic E-state index is 8.77. The van der Waals surface area contributed by atoms with Crippen LogP contribution in [-0.2, 0) is 0 Å². The lowest BCUT2D eigenvalue weighted by Crippen LogP contribution is -2.32. The Bertz CT molecular complexity index is 140. The molecule has 0 saturated carbocycles. The molecule has 1 rings (SSSR count). The van der Waals surface area contributed by atoms with Gasteiger partial charge in [0.1, 0.15) is 0 Å². The van der Waals surface area contributed by atoms with E-state index < -0.39 is 0 Å². The number of nitrogens with zero attached hydrogens (tertiary/aromatic N) is 2. The molecule has 0 amide bonds. The van der Waals surface area contributed by atoms with E-state index in [0.29, 0.717) is 13.2 Å². The Labute approximate surface area is 92.5 Å². The van der Waals surface area contributed by atoms with Crippen LogP contribution in [0.15, 0.2) is 0 Å². The largest absolute Gasteiger partial charge is 0.396 e. The first kappa shape index (κ1) is 12.9. The van der Waals surface area contributed by atoms with E-state index >= 15 is 0 Å². The first-order chi connectivity index (χ1) is 7.36. The van der Waals surface area contributed by atoms with Crippen molar-refractivity contribution in [2.75, 3.05) is 52.5 Å². The lowest BCUT2D eigenvalue weighted by atomic mass is 10.3. The summed E-state index contributed by atoms with van der Waals surface area (Å²) in [6, 6.07) is 0. The van der Waals surface area contributed by atoms with Crippen molar-refractivity contribution < 1.29 is 10.2 Å². The number of aliphatic hydroxyl groups excluding tert-OH is 2. The fraction of sp³-hybridized carbons (Fsp3) is 1.00. The summed E-state index contributed by atoms with van der Waals surface area (Å²) < 4.78 is 0. The zero-order valence-corrected chi connectivity index (χ0v) is 9.57. The fourth-order valence-corrected chi connectivity index (χ4v) is 2.06. The number of hydrogen-bond donors (Lipinski definition) is 2. The molecule has 0 aliphatic carbocycles. The SMILES string of the molecule is OCCCN1CCCN(CCCO)CC1. The summed E-state index contributed by atoms with van der Waals surface area (Å²) in [4.78, 5) is 4.85. The molecule has 0 spiro atoms. The first-order valence-corrected chi connectivity index (χ1v) is 6.03. The van der Waals surface area contributed by atoms with Crippen LogP contribution in [0.4, 0.5) is 0 Å². The van der Waals surface area contributed by atoms with E-state index in [1.54, 1.807) is 0 Å². The summed E-state index contributed by atoms with van der Waals surface area (Å²) in [6.45, 7) is 7.13. The van der Waals surface area contributed by atoms with Crippen molar-refractivity contribution in [1.82, 2.24) is 9.80 Å². The quantitative estimate of drug-likeness (QED) is 0.643. The van der Waals surface area contributed by atoms with Crippen molar-refractivity contribution in [3.05, 3.63) is 0 Å². The van der Waals surface area contributed by atoms with Crippen LogP contribution in [0.25, 0.3) is 0 Å². The third-order valence-electron chi connectivity index (χ3n) is 2.95. The van der Waals surface area contributed by atoms with Gasteiger partial charge in [-0.15, -0.1) is 0 Å². The molecule has 15 heavy (non-hydrogen) atoms. The van der Waals surface area contributed by atoms with Gasteiger partial charge in [0.05, 0.1) is 0 Å². The van der Waals surface area contributed by atoms with E-state index in [9.17, 15) is 0 Å². The standard InChI is InChI=1S/C11H24N2O2/c14-10-2-6-12-4-1-5-13(9-8-12)7-3-11-15/h14-15H,1-11H2. The van der Waals surface area contributed by atoms with Crippen LogP contribution >= 0.6 is 0 Å². The van der Waals surface area contributed by atoms with E-state index in [1.165, 1.54) is 6.42 Å². The number of rotatable bonds is 6. The van der Waals surface area contributed by atoms with Crippen LogP contribution in [0.5, 0.6) is 0 Å². The van der Waals surface area contributed by atoms with Crippen molar-refractivity contribution in [3.8, 4) is 0 Å². The lowest BCUT2D eigenvalue weighted by molar-refractivity contribution is 0.212. The molecule has 1 fully saturated rings. The summed E-state index contributed by atoms with van der Waals surface area (Å²) >= 11 is 0. The average molecular weight is 216 g/mol. The zero-order chi connectivity index (χ0) is 10.9.